The van der Waals surface area contributed by atoms with Gasteiger partial charge in [-0.1, -0.05) is 0 Å². The lowest BCUT2D eigenvalue weighted by atomic mass is 10.2. The Labute approximate surface area is 99.4 Å². The molecule has 0 aromatic carbocycles. The fourth-order valence-corrected chi connectivity index (χ4v) is 1.63. The Kier molecular flexibility index (Phi) is 5.17. The van der Waals surface area contributed by atoms with Gasteiger partial charge in [-0.3, -0.25) is 0 Å². The molecule has 0 bridgehead atoms. The van der Waals surface area contributed by atoms with Crippen molar-refractivity contribution in [3.8, 4) is 0 Å². The fourth-order valence-electron chi connectivity index (χ4n) is 1.63. The topological polar surface area (TPSA) is 99.1 Å². The maximum absolute atomic E-state index is 11.7. The first kappa shape index (κ1) is 13.7. The number of aliphatic carboxylic acids is 1. The minimum absolute atomic E-state index is 0.000959. The lowest BCUT2D eigenvalue weighted by Crippen LogP contribution is -2.53. The summed E-state index contributed by atoms with van der Waals surface area (Å²) in [5, 5.41) is 19.9. The predicted octanol–water partition coefficient (Wildman–Crippen LogP) is -0.748. The highest BCUT2D eigenvalue weighted by atomic mass is 16.5. The number of urea groups is 1. The van der Waals surface area contributed by atoms with Crippen LogP contribution in [0.3, 0.4) is 0 Å². The molecule has 0 aromatic heterocycles. The number of hydrogen-bond donors (Lipinski definition) is 3. The summed E-state index contributed by atoms with van der Waals surface area (Å²) in [6.45, 7) is 2.91. The molecule has 1 aliphatic heterocycles. The number of rotatable bonds is 4. The third-order valence-corrected chi connectivity index (χ3v) is 2.54. The number of morpholine rings is 1. The highest BCUT2D eigenvalue weighted by molar-refractivity contribution is 5.82. The first-order valence-corrected chi connectivity index (χ1v) is 5.55. The van der Waals surface area contributed by atoms with E-state index in [1.165, 1.54) is 4.90 Å². The van der Waals surface area contributed by atoms with Crippen molar-refractivity contribution < 1.29 is 24.5 Å². The lowest BCUT2D eigenvalue weighted by Gasteiger charge is -2.32. The lowest BCUT2D eigenvalue weighted by molar-refractivity contribution is -0.139. The van der Waals surface area contributed by atoms with Gasteiger partial charge in [-0.2, -0.15) is 0 Å². The molecule has 7 nitrogen and oxygen atoms in total. The molecule has 0 radical (unpaired) electrons. The van der Waals surface area contributed by atoms with Crippen LogP contribution in [0, 0.1) is 0 Å². The van der Waals surface area contributed by atoms with Crippen molar-refractivity contribution in [1.29, 1.82) is 0 Å². The largest absolute Gasteiger partial charge is 0.480 e. The molecule has 1 aliphatic rings. The van der Waals surface area contributed by atoms with Gasteiger partial charge < -0.3 is 25.2 Å². The molecular formula is C10H18N2O5. The smallest absolute Gasteiger partial charge is 0.326 e. The minimum Gasteiger partial charge on any atom is -0.480 e. The average Bonchev–Trinajstić information content (AvgIpc) is 2.28. The molecule has 2 atom stereocenters. The minimum atomic E-state index is -1.14. The summed E-state index contributed by atoms with van der Waals surface area (Å²) < 4.78 is 5.28. The molecule has 3 N–H and O–H groups in total. The summed E-state index contributed by atoms with van der Waals surface area (Å²) in [5.41, 5.74) is 0. The number of carboxylic acids is 1. The Morgan fingerprint density at radius 1 is 1.59 bits per heavy atom. The number of ether oxygens (including phenoxy) is 1. The van der Waals surface area contributed by atoms with E-state index in [2.05, 4.69) is 5.32 Å². The molecular weight excluding hydrogens is 228 g/mol. The van der Waals surface area contributed by atoms with E-state index in [1.807, 2.05) is 6.92 Å². The fraction of sp³-hybridized carbons (Fsp3) is 0.800. The number of carbonyl (C=O) groups is 2. The Hall–Kier alpha value is -1.34. The maximum atomic E-state index is 11.7. The van der Waals surface area contributed by atoms with Crippen molar-refractivity contribution in [3.63, 3.8) is 0 Å². The van der Waals surface area contributed by atoms with Crippen LogP contribution in [0.15, 0.2) is 0 Å². The zero-order valence-electron chi connectivity index (χ0n) is 9.76. The van der Waals surface area contributed by atoms with Crippen LogP contribution in [0.25, 0.3) is 0 Å². The van der Waals surface area contributed by atoms with Crippen LogP contribution in [0.2, 0.25) is 0 Å². The number of carboxylic acid groups (broad SMARTS) is 1. The quantitative estimate of drug-likeness (QED) is 0.606. The van der Waals surface area contributed by atoms with Crippen LogP contribution < -0.4 is 5.32 Å². The summed E-state index contributed by atoms with van der Waals surface area (Å²) >= 11 is 0. The molecule has 1 rings (SSSR count). The van der Waals surface area contributed by atoms with Crippen LogP contribution in [0.4, 0.5) is 4.79 Å². The van der Waals surface area contributed by atoms with Gasteiger partial charge in [0, 0.05) is 26.1 Å². The third kappa shape index (κ3) is 4.20. The van der Waals surface area contributed by atoms with Crippen LogP contribution in [-0.2, 0) is 9.53 Å². The zero-order valence-corrected chi connectivity index (χ0v) is 9.76. The summed E-state index contributed by atoms with van der Waals surface area (Å²) in [6, 6.07) is -1.48. The van der Waals surface area contributed by atoms with Gasteiger partial charge in [0.05, 0.1) is 12.7 Å². The second-order valence-corrected chi connectivity index (χ2v) is 3.98. The molecule has 0 saturated carbocycles. The Morgan fingerprint density at radius 2 is 2.29 bits per heavy atom. The highest BCUT2D eigenvalue weighted by Crippen LogP contribution is 2.05. The first-order chi connectivity index (χ1) is 8.04. The van der Waals surface area contributed by atoms with E-state index >= 15 is 0 Å². The molecule has 1 unspecified atom stereocenters. The van der Waals surface area contributed by atoms with Crippen LogP contribution in [0.5, 0.6) is 0 Å². The number of hydrogen-bond acceptors (Lipinski definition) is 4. The second-order valence-electron chi connectivity index (χ2n) is 3.98. The van der Waals surface area contributed by atoms with Gasteiger partial charge in [-0.25, -0.2) is 9.59 Å². The van der Waals surface area contributed by atoms with E-state index in [-0.39, 0.29) is 19.1 Å². The van der Waals surface area contributed by atoms with Gasteiger partial charge in [0.2, 0.25) is 0 Å². The summed E-state index contributed by atoms with van der Waals surface area (Å²) in [7, 11) is 0. The molecule has 17 heavy (non-hydrogen) atoms. The van der Waals surface area contributed by atoms with E-state index < -0.39 is 18.0 Å². The summed E-state index contributed by atoms with van der Waals surface area (Å²) in [5.74, 6) is -1.14. The molecule has 1 saturated heterocycles. The molecule has 1 fully saturated rings. The summed E-state index contributed by atoms with van der Waals surface area (Å²) in [4.78, 5) is 24.1. The number of carbonyl (C=O) groups excluding carboxylic acids is 1. The van der Waals surface area contributed by atoms with Gasteiger partial charge in [-0.15, -0.1) is 0 Å². The standard InChI is InChI=1S/C10H18N2O5/c1-7-6-12(3-5-17-7)10(16)11-8(2-4-13)9(14)15/h7-8,13H,2-6H2,1H3,(H,11,16)(H,14,15)/t7?,8-/m1/s1. The molecule has 7 heteroatoms. The number of aliphatic hydroxyl groups excluding tert-OH is 1. The number of nitrogens with zero attached hydrogens (tertiary/aromatic N) is 1. The van der Waals surface area contributed by atoms with Gasteiger partial charge >= 0.3 is 12.0 Å². The molecule has 0 aliphatic carbocycles. The van der Waals surface area contributed by atoms with E-state index in [1.54, 1.807) is 0 Å². The van der Waals surface area contributed by atoms with E-state index in [9.17, 15) is 9.59 Å². The van der Waals surface area contributed by atoms with E-state index in [0.29, 0.717) is 19.7 Å². The van der Waals surface area contributed by atoms with Crippen molar-refractivity contribution in [2.45, 2.75) is 25.5 Å². The van der Waals surface area contributed by atoms with Crippen LogP contribution in [-0.4, -0.2) is 65.6 Å². The van der Waals surface area contributed by atoms with Crippen molar-refractivity contribution >= 4 is 12.0 Å². The Morgan fingerprint density at radius 3 is 2.82 bits per heavy atom. The predicted molar refractivity (Wildman–Crippen MR) is 58.6 cm³/mol. The van der Waals surface area contributed by atoms with Crippen molar-refractivity contribution in [3.05, 3.63) is 0 Å². The van der Waals surface area contributed by atoms with Crippen molar-refractivity contribution in [2.75, 3.05) is 26.3 Å². The molecule has 0 aromatic rings. The van der Waals surface area contributed by atoms with Crippen LogP contribution in [0.1, 0.15) is 13.3 Å². The number of amides is 2. The maximum Gasteiger partial charge on any atom is 0.326 e. The SMILES string of the molecule is CC1CN(C(=O)N[C@H](CCO)C(=O)O)CCO1. The zero-order chi connectivity index (χ0) is 12.8. The molecule has 2 amide bonds. The Bertz CT molecular complexity index is 284. The second kappa shape index (κ2) is 6.41. The van der Waals surface area contributed by atoms with Crippen molar-refractivity contribution in [1.82, 2.24) is 10.2 Å². The van der Waals surface area contributed by atoms with Gasteiger partial charge in [0.25, 0.3) is 0 Å². The summed E-state index contributed by atoms with van der Waals surface area (Å²) in [6.07, 6.45) is -0.0448. The Balaban J connectivity index is 2.48. The third-order valence-electron chi connectivity index (χ3n) is 2.54. The van der Waals surface area contributed by atoms with E-state index in [4.69, 9.17) is 14.9 Å². The van der Waals surface area contributed by atoms with E-state index in [0.717, 1.165) is 0 Å². The number of aliphatic hydroxyl groups is 1. The highest BCUT2D eigenvalue weighted by Gasteiger charge is 2.25. The average molecular weight is 246 g/mol. The van der Waals surface area contributed by atoms with Crippen molar-refractivity contribution in [2.24, 2.45) is 0 Å². The van der Waals surface area contributed by atoms with Gasteiger partial charge in [-0.05, 0) is 6.92 Å². The first-order valence-electron chi connectivity index (χ1n) is 5.55. The molecule has 1 heterocycles. The van der Waals surface area contributed by atoms with Crippen LogP contribution >= 0.6 is 0 Å². The molecule has 0 spiro atoms. The van der Waals surface area contributed by atoms with Gasteiger partial charge in [0.15, 0.2) is 0 Å². The number of nitrogens with one attached hydrogen (secondary N) is 1. The monoisotopic (exact) mass is 246 g/mol. The molecule has 98 valence electrons. The van der Waals surface area contributed by atoms with Gasteiger partial charge in [0.1, 0.15) is 6.04 Å². The normalized spacial score (nSPS) is 22.0.